The van der Waals surface area contributed by atoms with Crippen LogP contribution in [0.25, 0.3) is 0 Å². The molecule has 1 unspecified atom stereocenters. The molecule has 28 heavy (non-hydrogen) atoms. The zero-order chi connectivity index (χ0) is 19.6. The lowest BCUT2D eigenvalue weighted by Crippen LogP contribution is -2.39. The number of rotatable bonds is 3. The molecule has 0 radical (unpaired) electrons. The predicted molar refractivity (Wildman–Crippen MR) is 108 cm³/mol. The van der Waals surface area contributed by atoms with E-state index in [1.807, 2.05) is 18.2 Å². The Morgan fingerprint density at radius 2 is 1.86 bits per heavy atom. The highest BCUT2D eigenvalue weighted by Gasteiger charge is 2.17. The van der Waals surface area contributed by atoms with E-state index in [0.29, 0.717) is 32.6 Å². The van der Waals surface area contributed by atoms with Crippen molar-refractivity contribution >= 4 is 11.8 Å². The monoisotopic (exact) mass is 383 g/mol. The van der Waals surface area contributed by atoms with Crippen molar-refractivity contribution in [2.45, 2.75) is 38.1 Å². The number of amides is 2. The number of benzene rings is 1. The molecule has 1 saturated heterocycles. The van der Waals surface area contributed by atoms with E-state index >= 15 is 0 Å². The molecule has 150 valence electrons. The van der Waals surface area contributed by atoms with Gasteiger partial charge in [-0.3, -0.25) is 14.5 Å². The average Bonchev–Trinajstić information content (AvgIpc) is 3.21. The number of imidazole rings is 1. The summed E-state index contributed by atoms with van der Waals surface area (Å²) in [6, 6.07) is 10.2. The third kappa shape index (κ3) is 6.49. The van der Waals surface area contributed by atoms with Crippen molar-refractivity contribution in [3.8, 4) is 0 Å². The van der Waals surface area contributed by atoms with Crippen molar-refractivity contribution < 1.29 is 9.59 Å². The molecule has 2 amide bonds. The first-order valence-electron chi connectivity index (χ1n) is 9.98. The maximum Gasteiger partial charge on any atom is 0.234 e. The number of aromatic nitrogens is 2. The number of hydrogen-bond acceptors (Lipinski definition) is 4. The second kappa shape index (κ2) is 10.6. The van der Waals surface area contributed by atoms with E-state index < -0.39 is 0 Å². The summed E-state index contributed by atoms with van der Waals surface area (Å²) in [6.45, 7) is 2.93. The standard InChI is InChI=1S/C21H29N5O2/c27-20-8-7-18(17-5-2-1-3-6-17)9-11-24-21(28)15-26(12-4-10-23-20)14-19-13-22-16-25-19/h1-3,5-6,13,16,18H,4,7-12,14-15H2,(H,22,25)(H,23,27)(H,24,28). The first-order valence-corrected chi connectivity index (χ1v) is 9.98. The number of H-pyrrole nitrogens is 1. The summed E-state index contributed by atoms with van der Waals surface area (Å²) in [7, 11) is 0. The van der Waals surface area contributed by atoms with Gasteiger partial charge in [0.25, 0.3) is 0 Å². The number of carbonyl (C=O) groups excluding carboxylic acids is 2. The van der Waals surface area contributed by atoms with Gasteiger partial charge in [-0.25, -0.2) is 4.98 Å². The molecule has 3 rings (SSSR count). The number of aromatic amines is 1. The Bertz CT molecular complexity index is 733. The van der Waals surface area contributed by atoms with Gasteiger partial charge in [-0.1, -0.05) is 30.3 Å². The third-order valence-corrected chi connectivity index (χ3v) is 5.10. The molecule has 0 bridgehead atoms. The fraction of sp³-hybridized carbons (Fsp3) is 0.476. The van der Waals surface area contributed by atoms with Crippen LogP contribution < -0.4 is 10.6 Å². The van der Waals surface area contributed by atoms with Gasteiger partial charge in [0.1, 0.15) is 0 Å². The molecule has 3 N–H and O–H groups in total. The van der Waals surface area contributed by atoms with Crippen molar-refractivity contribution in [1.29, 1.82) is 0 Å². The maximum absolute atomic E-state index is 12.4. The molecule has 7 nitrogen and oxygen atoms in total. The van der Waals surface area contributed by atoms with Gasteiger partial charge in [-0.05, 0) is 30.7 Å². The molecule has 2 heterocycles. The Morgan fingerprint density at radius 1 is 1.04 bits per heavy atom. The summed E-state index contributed by atoms with van der Waals surface area (Å²) in [4.78, 5) is 33.8. The van der Waals surface area contributed by atoms with Gasteiger partial charge in [0.15, 0.2) is 0 Å². The summed E-state index contributed by atoms with van der Waals surface area (Å²) in [5.41, 5.74) is 2.19. The molecule has 7 heteroatoms. The topological polar surface area (TPSA) is 90.1 Å². The lowest BCUT2D eigenvalue weighted by atomic mass is 9.91. The van der Waals surface area contributed by atoms with Crippen molar-refractivity contribution in [1.82, 2.24) is 25.5 Å². The zero-order valence-corrected chi connectivity index (χ0v) is 16.2. The summed E-state index contributed by atoms with van der Waals surface area (Å²) < 4.78 is 0. The SMILES string of the molecule is O=C1CCC(c2ccccc2)CCNC(=O)CN(Cc2cnc[nH]2)CCCN1. The van der Waals surface area contributed by atoms with Gasteiger partial charge in [0.05, 0.1) is 12.9 Å². The van der Waals surface area contributed by atoms with E-state index in [0.717, 1.165) is 31.5 Å². The minimum absolute atomic E-state index is 0.0346. The summed E-state index contributed by atoms with van der Waals surface area (Å²) in [5, 5.41) is 6.06. The van der Waals surface area contributed by atoms with Crippen LogP contribution in [0.4, 0.5) is 0 Å². The molecular formula is C21H29N5O2. The normalized spacial score (nSPS) is 20.8. The van der Waals surface area contributed by atoms with Crippen LogP contribution in [-0.2, 0) is 16.1 Å². The van der Waals surface area contributed by atoms with Crippen LogP contribution >= 0.6 is 0 Å². The van der Waals surface area contributed by atoms with Crippen LogP contribution in [0.3, 0.4) is 0 Å². The van der Waals surface area contributed by atoms with Gasteiger partial charge in [0, 0.05) is 44.5 Å². The van der Waals surface area contributed by atoms with Gasteiger partial charge in [-0.2, -0.15) is 0 Å². The zero-order valence-electron chi connectivity index (χ0n) is 16.2. The van der Waals surface area contributed by atoms with Gasteiger partial charge in [0.2, 0.25) is 11.8 Å². The summed E-state index contributed by atoms with van der Waals surface area (Å²) in [5.74, 6) is 0.394. The second-order valence-electron chi connectivity index (χ2n) is 7.28. The maximum atomic E-state index is 12.4. The van der Waals surface area contributed by atoms with Crippen LogP contribution in [0.2, 0.25) is 0 Å². The van der Waals surface area contributed by atoms with Crippen molar-refractivity contribution in [2.75, 3.05) is 26.2 Å². The largest absolute Gasteiger partial charge is 0.356 e. The van der Waals surface area contributed by atoms with Crippen LogP contribution in [0.5, 0.6) is 0 Å². The number of carbonyl (C=O) groups is 2. The quantitative estimate of drug-likeness (QED) is 0.754. The van der Waals surface area contributed by atoms with Crippen LogP contribution in [0.1, 0.15) is 42.9 Å². The Kier molecular flexibility index (Phi) is 7.61. The van der Waals surface area contributed by atoms with Gasteiger partial charge >= 0.3 is 0 Å². The Labute approximate surface area is 165 Å². The Hall–Kier alpha value is -2.67. The van der Waals surface area contributed by atoms with Gasteiger partial charge < -0.3 is 15.6 Å². The van der Waals surface area contributed by atoms with Crippen LogP contribution in [0, 0.1) is 0 Å². The minimum Gasteiger partial charge on any atom is -0.356 e. The van der Waals surface area contributed by atoms with Gasteiger partial charge in [-0.15, -0.1) is 0 Å². The minimum atomic E-state index is 0.0346. The lowest BCUT2D eigenvalue weighted by molar-refractivity contribution is -0.123. The lowest BCUT2D eigenvalue weighted by Gasteiger charge is -2.23. The number of nitrogens with one attached hydrogen (secondary N) is 3. The Morgan fingerprint density at radius 3 is 2.64 bits per heavy atom. The summed E-state index contributed by atoms with van der Waals surface area (Å²) >= 11 is 0. The smallest absolute Gasteiger partial charge is 0.234 e. The first-order chi connectivity index (χ1) is 13.7. The van der Waals surface area contributed by atoms with E-state index in [1.54, 1.807) is 12.5 Å². The van der Waals surface area contributed by atoms with E-state index in [1.165, 1.54) is 5.56 Å². The Balaban J connectivity index is 1.62. The molecular weight excluding hydrogens is 354 g/mol. The molecule has 1 aliphatic rings. The average molecular weight is 383 g/mol. The molecule has 1 atom stereocenters. The molecule has 1 aromatic heterocycles. The van der Waals surface area contributed by atoms with E-state index in [9.17, 15) is 9.59 Å². The number of hydrogen-bond donors (Lipinski definition) is 3. The second-order valence-corrected chi connectivity index (χ2v) is 7.28. The van der Waals surface area contributed by atoms with Crippen molar-refractivity contribution in [3.63, 3.8) is 0 Å². The van der Waals surface area contributed by atoms with Crippen molar-refractivity contribution in [3.05, 3.63) is 54.1 Å². The molecule has 0 saturated carbocycles. The third-order valence-electron chi connectivity index (χ3n) is 5.10. The highest BCUT2D eigenvalue weighted by atomic mass is 16.2. The van der Waals surface area contributed by atoms with E-state index in [2.05, 4.69) is 37.6 Å². The van der Waals surface area contributed by atoms with E-state index in [4.69, 9.17) is 0 Å². The molecule has 0 aliphatic carbocycles. The molecule has 1 aliphatic heterocycles. The van der Waals surface area contributed by atoms with Crippen LogP contribution in [0.15, 0.2) is 42.9 Å². The first kappa shape index (κ1) is 20.1. The van der Waals surface area contributed by atoms with E-state index in [-0.39, 0.29) is 17.7 Å². The molecule has 0 spiro atoms. The molecule has 1 aromatic carbocycles. The number of nitrogens with zero attached hydrogens (tertiary/aromatic N) is 2. The molecule has 2 aromatic rings. The highest BCUT2D eigenvalue weighted by Crippen LogP contribution is 2.24. The van der Waals surface area contributed by atoms with Crippen LogP contribution in [-0.4, -0.2) is 52.9 Å². The fourth-order valence-electron chi connectivity index (χ4n) is 3.60. The fourth-order valence-corrected chi connectivity index (χ4v) is 3.60. The highest BCUT2D eigenvalue weighted by molar-refractivity contribution is 5.78. The summed E-state index contributed by atoms with van der Waals surface area (Å²) in [6.07, 6.45) is 6.33. The molecule has 1 fully saturated rings. The predicted octanol–water partition coefficient (Wildman–Crippen LogP) is 1.80. The van der Waals surface area contributed by atoms with Crippen molar-refractivity contribution in [2.24, 2.45) is 0 Å².